The van der Waals surface area contributed by atoms with Crippen molar-refractivity contribution in [2.24, 2.45) is 5.92 Å². The van der Waals surface area contributed by atoms with Crippen molar-refractivity contribution in [2.45, 2.75) is 43.9 Å². The monoisotopic (exact) mass is 279 g/mol. The van der Waals surface area contributed by atoms with Crippen LogP contribution in [0, 0.1) is 17.2 Å². The summed E-state index contributed by atoms with van der Waals surface area (Å²) >= 11 is 0. The van der Waals surface area contributed by atoms with Crippen LogP contribution in [0.15, 0.2) is 28.8 Å². The Balaban J connectivity index is 1.47. The third-order valence-electron chi connectivity index (χ3n) is 4.77. The molecule has 4 nitrogen and oxygen atoms in total. The van der Waals surface area contributed by atoms with E-state index in [0.29, 0.717) is 23.3 Å². The number of hydrogen-bond acceptors (Lipinski definition) is 4. The zero-order valence-electron chi connectivity index (χ0n) is 12.0. The van der Waals surface area contributed by atoms with E-state index in [1.807, 2.05) is 24.3 Å². The van der Waals surface area contributed by atoms with Gasteiger partial charge >= 0.3 is 0 Å². The first-order valence-corrected chi connectivity index (χ1v) is 7.60. The summed E-state index contributed by atoms with van der Waals surface area (Å²) in [4.78, 5) is 4.61. The number of hydrogen-bond donors (Lipinski definition) is 0. The first kappa shape index (κ1) is 12.6. The van der Waals surface area contributed by atoms with Crippen LogP contribution in [-0.4, -0.2) is 10.1 Å². The maximum Gasteiger partial charge on any atom is 0.230 e. The second kappa shape index (κ2) is 4.70. The molecule has 106 valence electrons. The van der Waals surface area contributed by atoms with Crippen molar-refractivity contribution in [3.8, 4) is 6.07 Å². The average molecular weight is 279 g/mol. The molecular formula is C17H17N3O. The summed E-state index contributed by atoms with van der Waals surface area (Å²) < 4.78 is 5.47. The Morgan fingerprint density at radius 1 is 1.24 bits per heavy atom. The number of rotatable bonds is 4. The van der Waals surface area contributed by atoms with Gasteiger partial charge in [-0.15, -0.1) is 0 Å². The molecule has 2 saturated carbocycles. The van der Waals surface area contributed by atoms with Gasteiger partial charge in [0, 0.05) is 11.8 Å². The van der Waals surface area contributed by atoms with Crippen LogP contribution in [0.4, 0.5) is 0 Å². The summed E-state index contributed by atoms with van der Waals surface area (Å²) in [5.74, 6) is 3.65. The lowest BCUT2D eigenvalue weighted by Crippen LogP contribution is -1.98. The molecule has 2 fully saturated rings. The minimum absolute atomic E-state index is 0.352. The van der Waals surface area contributed by atoms with Crippen LogP contribution in [0.5, 0.6) is 0 Å². The molecule has 2 aromatic rings. The second-order valence-electron chi connectivity index (χ2n) is 6.30. The lowest BCUT2D eigenvalue weighted by molar-refractivity contribution is 0.368. The molecule has 3 atom stereocenters. The molecule has 0 unspecified atom stereocenters. The quantitative estimate of drug-likeness (QED) is 0.855. The van der Waals surface area contributed by atoms with Crippen LogP contribution >= 0.6 is 0 Å². The third-order valence-corrected chi connectivity index (χ3v) is 4.77. The van der Waals surface area contributed by atoms with Crippen LogP contribution < -0.4 is 0 Å². The maximum absolute atomic E-state index is 8.83. The summed E-state index contributed by atoms with van der Waals surface area (Å²) in [6, 6.07) is 9.97. The van der Waals surface area contributed by atoms with E-state index in [2.05, 4.69) is 23.1 Å². The molecule has 0 amide bonds. The zero-order chi connectivity index (χ0) is 14.4. The molecule has 4 heteroatoms. The topological polar surface area (TPSA) is 62.7 Å². The predicted octanol–water partition coefficient (Wildman–Crippen LogP) is 3.73. The Hall–Kier alpha value is -2.15. The van der Waals surface area contributed by atoms with Crippen LogP contribution in [-0.2, 0) is 0 Å². The molecule has 0 N–H and O–H groups in total. The normalized spacial score (nSPS) is 25.3. The van der Waals surface area contributed by atoms with Gasteiger partial charge in [-0.1, -0.05) is 24.2 Å². The highest BCUT2D eigenvalue weighted by Gasteiger charge is 2.44. The zero-order valence-corrected chi connectivity index (χ0v) is 12.0. The molecule has 4 rings (SSSR count). The van der Waals surface area contributed by atoms with Gasteiger partial charge in [-0.05, 0) is 48.8 Å². The molecule has 0 spiro atoms. The molecular weight excluding hydrogens is 262 g/mol. The van der Waals surface area contributed by atoms with Gasteiger partial charge in [0.1, 0.15) is 0 Å². The maximum atomic E-state index is 8.83. The molecule has 1 aromatic heterocycles. The minimum atomic E-state index is 0.352. The summed E-state index contributed by atoms with van der Waals surface area (Å²) in [5.41, 5.74) is 1.96. The molecule has 2 aliphatic rings. The first-order chi connectivity index (χ1) is 10.3. The van der Waals surface area contributed by atoms with E-state index in [-0.39, 0.29) is 0 Å². The van der Waals surface area contributed by atoms with Gasteiger partial charge in [0.05, 0.1) is 11.6 Å². The van der Waals surface area contributed by atoms with E-state index in [1.54, 1.807) is 0 Å². The Morgan fingerprint density at radius 2 is 2.00 bits per heavy atom. The molecule has 0 saturated heterocycles. The minimum Gasteiger partial charge on any atom is -0.339 e. The highest BCUT2D eigenvalue weighted by atomic mass is 16.5. The van der Waals surface area contributed by atoms with Crippen LogP contribution in [0.3, 0.4) is 0 Å². The van der Waals surface area contributed by atoms with Gasteiger partial charge < -0.3 is 4.52 Å². The van der Waals surface area contributed by atoms with Crippen molar-refractivity contribution in [2.75, 3.05) is 0 Å². The van der Waals surface area contributed by atoms with Gasteiger partial charge in [0.25, 0.3) is 0 Å². The largest absolute Gasteiger partial charge is 0.339 e. The summed E-state index contributed by atoms with van der Waals surface area (Å²) in [5, 5.41) is 13.0. The lowest BCUT2D eigenvalue weighted by Gasteiger charge is -2.01. The molecule has 0 bridgehead atoms. The molecule has 2 aliphatic carbocycles. The van der Waals surface area contributed by atoms with Crippen molar-refractivity contribution >= 4 is 0 Å². The van der Waals surface area contributed by atoms with Crippen molar-refractivity contribution in [3.63, 3.8) is 0 Å². The number of aromatic nitrogens is 2. The van der Waals surface area contributed by atoms with Crippen LogP contribution in [0.2, 0.25) is 0 Å². The lowest BCUT2D eigenvalue weighted by atomic mass is 10.1. The van der Waals surface area contributed by atoms with E-state index in [9.17, 15) is 0 Å². The van der Waals surface area contributed by atoms with Crippen molar-refractivity contribution < 1.29 is 4.52 Å². The summed E-state index contributed by atoms with van der Waals surface area (Å²) in [7, 11) is 0. The van der Waals surface area contributed by atoms with Gasteiger partial charge in [0.2, 0.25) is 5.89 Å². The first-order valence-electron chi connectivity index (χ1n) is 7.60. The second-order valence-corrected chi connectivity index (χ2v) is 6.30. The predicted molar refractivity (Wildman–Crippen MR) is 76.7 cm³/mol. The fourth-order valence-electron chi connectivity index (χ4n) is 3.03. The highest BCUT2D eigenvalue weighted by molar-refractivity contribution is 5.37. The summed E-state index contributed by atoms with van der Waals surface area (Å²) in [6.07, 6.45) is 3.65. The Morgan fingerprint density at radius 3 is 2.67 bits per heavy atom. The van der Waals surface area contributed by atoms with Gasteiger partial charge in [-0.3, -0.25) is 0 Å². The number of nitrogens with zero attached hydrogens (tertiary/aromatic N) is 3. The smallest absolute Gasteiger partial charge is 0.230 e. The average Bonchev–Trinajstić information content (AvgIpc) is 3.45. The highest BCUT2D eigenvalue weighted by Crippen LogP contribution is 2.54. The fourth-order valence-corrected chi connectivity index (χ4v) is 3.03. The van der Waals surface area contributed by atoms with E-state index in [0.717, 1.165) is 24.1 Å². The number of nitriles is 1. The molecule has 1 aromatic carbocycles. The van der Waals surface area contributed by atoms with Gasteiger partial charge in [-0.25, -0.2) is 0 Å². The van der Waals surface area contributed by atoms with Crippen molar-refractivity contribution in [1.82, 2.24) is 10.1 Å². The van der Waals surface area contributed by atoms with E-state index in [4.69, 9.17) is 9.78 Å². The van der Waals surface area contributed by atoms with Gasteiger partial charge in [-0.2, -0.15) is 10.2 Å². The van der Waals surface area contributed by atoms with Crippen LogP contribution in [0.1, 0.15) is 66.8 Å². The molecule has 0 aliphatic heterocycles. The van der Waals surface area contributed by atoms with E-state index in [1.165, 1.54) is 18.4 Å². The molecule has 1 heterocycles. The van der Waals surface area contributed by atoms with Crippen molar-refractivity contribution in [1.29, 1.82) is 5.26 Å². The molecule has 21 heavy (non-hydrogen) atoms. The fraction of sp³-hybridized carbons (Fsp3) is 0.471. The van der Waals surface area contributed by atoms with Crippen LogP contribution in [0.25, 0.3) is 0 Å². The Bertz CT molecular complexity index is 694. The SMILES string of the molecule is C[C@H](c1noc([C@H]2C[C@H]2c2ccc(C#N)cc2)n1)C1CC1. The van der Waals surface area contributed by atoms with Gasteiger partial charge in [0.15, 0.2) is 5.82 Å². The summed E-state index contributed by atoms with van der Waals surface area (Å²) in [6.45, 7) is 2.19. The van der Waals surface area contributed by atoms with E-state index >= 15 is 0 Å². The van der Waals surface area contributed by atoms with E-state index < -0.39 is 0 Å². The number of benzene rings is 1. The Kier molecular flexibility index (Phi) is 2.81. The van der Waals surface area contributed by atoms with Crippen molar-refractivity contribution in [3.05, 3.63) is 47.1 Å². The Labute approximate surface area is 123 Å². The molecule has 0 radical (unpaired) electrons. The third kappa shape index (κ3) is 2.33. The standard InChI is InChI=1S/C17H17N3O/c1-10(12-6-7-12)16-19-17(21-20-16)15-8-14(15)13-4-2-11(9-18)3-5-13/h2-5,10,12,14-15H,6-8H2,1H3/t10-,14-,15-/m0/s1.